The molecule has 3 rings (SSSR count). The van der Waals surface area contributed by atoms with Crippen molar-refractivity contribution in [1.29, 1.82) is 0 Å². The number of piperidine rings is 1. The number of carbonyl (C=O) groups excluding carboxylic acids is 2. The molecule has 1 aliphatic rings. The van der Waals surface area contributed by atoms with Crippen LogP contribution in [0.15, 0.2) is 22.5 Å². The zero-order chi connectivity index (χ0) is 20.3. The number of aromatic nitrogens is 2. The van der Waals surface area contributed by atoms with Crippen molar-refractivity contribution in [3.63, 3.8) is 0 Å². The minimum atomic E-state index is -0.952. The Bertz CT molecular complexity index is 847. The van der Waals surface area contributed by atoms with Crippen molar-refractivity contribution < 1.29 is 18.4 Å². The van der Waals surface area contributed by atoms with Gasteiger partial charge in [0.25, 0.3) is 5.91 Å². The third kappa shape index (κ3) is 4.67. The molecule has 10 heteroatoms. The Balaban J connectivity index is 1.58. The standard InChI is InChI=1S/C18H20F2N4O2S2/c1-10-5-3-6-11(2)24(10)14(25)9-27-18-23-22-17(28-18)21-16(26)15-12(19)7-4-8-13(15)20/h4,7-8,10-11H,3,5-6,9H2,1-2H3,(H,21,22,26)/t10-,11-/m0/s1. The second kappa shape index (κ2) is 8.95. The van der Waals surface area contributed by atoms with Crippen molar-refractivity contribution in [2.24, 2.45) is 0 Å². The van der Waals surface area contributed by atoms with Crippen LogP contribution < -0.4 is 5.32 Å². The van der Waals surface area contributed by atoms with E-state index in [0.717, 1.165) is 42.7 Å². The van der Waals surface area contributed by atoms with Crippen molar-refractivity contribution in [2.75, 3.05) is 11.1 Å². The van der Waals surface area contributed by atoms with E-state index in [9.17, 15) is 18.4 Å². The fourth-order valence-electron chi connectivity index (χ4n) is 3.30. The SMILES string of the molecule is C[C@H]1CCC[C@H](C)N1C(=O)CSc1nnc(NC(=O)c2c(F)cccc2F)s1. The van der Waals surface area contributed by atoms with Crippen molar-refractivity contribution in [3.05, 3.63) is 35.4 Å². The molecule has 2 heterocycles. The number of hydrogen-bond acceptors (Lipinski definition) is 6. The third-order valence-corrected chi connectivity index (χ3v) is 6.57. The number of thioether (sulfide) groups is 1. The van der Waals surface area contributed by atoms with Crippen LogP contribution in [0.25, 0.3) is 0 Å². The Hall–Kier alpha value is -2.07. The van der Waals surface area contributed by atoms with Gasteiger partial charge in [0.05, 0.1) is 5.75 Å². The molecular formula is C18H20F2N4O2S2. The predicted octanol–water partition coefficient (Wildman–Crippen LogP) is 3.95. The number of likely N-dealkylation sites (tertiary alicyclic amines) is 1. The molecule has 1 aliphatic heterocycles. The van der Waals surface area contributed by atoms with Gasteiger partial charge in [-0.2, -0.15) is 0 Å². The van der Waals surface area contributed by atoms with E-state index in [4.69, 9.17) is 0 Å². The smallest absolute Gasteiger partial charge is 0.263 e. The minimum Gasteiger partial charge on any atom is -0.337 e. The first-order valence-corrected chi connectivity index (χ1v) is 10.7. The highest BCUT2D eigenvalue weighted by molar-refractivity contribution is 8.01. The van der Waals surface area contributed by atoms with Crippen LogP contribution in [0.3, 0.4) is 0 Å². The Morgan fingerprint density at radius 2 is 1.86 bits per heavy atom. The molecular weight excluding hydrogens is 406 g/mol. The van der Waals surface area contributed by atoms with Gasteiger partial charge in [-0.1, -0.05) is 29.2 Å². The van der Waals surface area contributed by atoms with Gasteiger partial charge in [0, 0.05) is 12.1 Å². The zero-order valence-corrected chi connectivity index (χ0v) is 17.1. The zero-order valence-electron chi connectivity index (χ0n) is 15.4. The molecule has 2 aromatic rings. The molecule has 0 radical (unpaired) electrons. The first-order valence-electron chi connectivity index (χ1n) is 8.89. The Morgan fingerprint density at radius 1 is 1.21 bits per heavy atom. The molecule has 0 aliphatic carbocycles. The van der Waals surface area contributed by atoms with E-state index in [1.54, 1.807) is 0 Å². The van der Waals surface area contributed by atoms with E-state index in [-0.39, 0.29) is 28.9 Å². The largest absolute Gasteiger partial charge is 0.337 e. The van der Waals surface area contributed by atoms with E-state index < -0.39 is 23.1 Å². The second-order valence-corrected chi connectivity index (χ2v) is 8.84. The first kappa shape index (κ1) is 20.7. The van der Waals surface area contributed by atoms with Gasteiger partial charge in [-0.15, -0.1) is 10.2 Å². The van der Waals surface area contributed by atoms with Gasteiger partial charge in [0.2, 0.25) is 11.0 Å². The molecule has 1 N–H and O–H groups in total. The van der Waals surface area contributed by atoms with Crippen LogP contribution in [0.2, 0.25) is 0 Å². The van der Waals surface area contributed by atoms with E-state index in [0.29, 0.717) is 4.34 Å². The summed E-state index contributed by atoms with van der Waals surface area (Å²) in [6.07, 6.45) is 3.13. The molecule has 1 aromatic heterocycles. The summed E-state index contributed by atoms with van der Waals surface area (Å²) in [5, 5.41) is 10.2. The number of halogens is 2. The van der Waals surface area contributed by atoms with E-state index in [2.05, 4.69) is 29.4 Å². The van der Waals surface area contributed by atoms with Crippen LogP contribution >= 0.6 is 23.1 Å². The molecule has 150 valence electrons. The topological polar surface area (TPSA) is 75.2 Å². The van der Waals surface area contributed by atoms with Gasteiger partial charge < -0.3 is 4.90 Å². The quantitative estimate of drug-likeness (QED) is 0.579. The molecule has 0 unspecified atom stereocenters. The number of rotatable bonds is 5. The van der Waals surface area contributed by atoms with Crippen molar-refractivity contribution in [1.82, 2.24) is 15.1 Å². The molecule has 6 nitrogen and oxygen atoms in total. The molecule has 0 spiro atoms. The molecule has 0 saturated carbocycles. The number of amides is 2. The number of benzene rings is 1. The fourth-order valence-corrected chi connectivity index (χ4v) is 4.92. The summed E-state index contributed by atoms with van der Waals surface area (Å²) in [4.78, 5) is 26.6. The van der Waals surface area contributed by atoms with E-state index >= 15 is 0 Å². The highest BCUT2D eigenvalue weighted by atomic mass is 32.2. The number of carbonyl (C=O) groups is 2. The molecule has 1 saturated heterocycles. The lowest BCUT2D eigenvalue weighted by atomic mass is 9.98. The van der Waals surface area contributed by atoms with E-state index in [1.807, 2.05) is 4.90 Å². The monoisotopic (exact) mass is 426 g/mol. The molecule has 0 bridgehead atoms. The number of hydrogen-bond donors (Lipinski definition) is 1. The van der Waals surface area contributed by atoms with E-state index in [1.165, 1.54) is 17.8 Å². The number of nitrogens with one attached hydrogen (secondary N) is 1. The van der Waals surface area contributed by atoms with Gasteiger partial charge in [-0.3, -0.25) is 14.9 Å². The van der Waals surface area contributed by atoms with Crippen LogP contribution in [-0.4, -0.2) is 44.7 Å². The summed E-state index contributed by atoms with van der Waals surface area (Å²) in [5.41, 5.74) is -0.671. The van der Waals surface area contributed by atoms with Gasteiger partial charge in [0.15, 0.2) is 4.34 Å². The normalized spacial score (nSPS) is 19.5. The van der Waals surface area contributed by atoms with Crippen LogP contribution in [0.4, 0.5) is 13.9 Å². The second-order valence-electron chi connectivity index (χ2n) is 6.64. The Labute approximate surface area is 169 Å². The average Bonchev–Trinajstić information content (AvgIpc) is 3.07. The fraction of sp³-hybridized carbons (Fsp3) is 0.444. The summed E-state index contributed by atoms with van der Waals surface area (Å²) in [6.45, 7) is 4.11. The molecule has 2 amide bonds. The summed E-state index contributed by atoms with van der Waals surface area (Å²) in [7, 11) is 0. The lowest BCUT2D eigenvalue weighted by molar-refractivity contribution is -0.134. The van der Waals surface area contributed by atoms with Crippen LogP contribution in [0.5, 0.6) is 0 Å². The molecule has 1 fully saturated rings. The van der Waals surface area contributed by atoms with Gasteiger partial charge >= 0.3 is 0 Å². The lowest BCUT2D eigenvalue weighted by Gasteiger charge is -2.39. The number of anilines is 1. The van der Waals surface area contributed by atoms with Gasteiger partial charge in [-0.05, 0) is 45.2 Å². The predicted molar refractivity (Wildman–Crippen MR) is 105 cm³/mol. The van der Waals surface area contributed by atoms with Crippen LogP contribution in [0, 0.1) is 11.6 Å². The lowest BCUT2D eigenvalue weighted by Crippen LogP contribution is -2.48. The highest BCUT2D eigenvalue weighted by Crippen LogP contribution is 2.28. The maximum atomic E-state index is 13.7. The Morgan fingerprint density at radius 3 is 2.50 bits per heavy atom. The molecule has 2 atom stereocenters. The van der Waals surface area contributed by atoms with Crippen molar-refractivity contribution in [2.45, 2.75) is 49.5 Å². The van der Waals surface area contributed by atoms with Crippen LogP contribution in [0.1, 0.15) is 43.5 Å². The number of nitrogens with zero attached hydrogens (tertiary/aromatic N) is 3. The molecule has 1 aromatic carbocycles. The van der Waals surface area contributed by atoms with Gasteiger partial charge in [-0.25, -0.2) is 8.78 Å². The maximum Gasteiger partial charge on any atom is 0.263 e. The highest BCUT2D eigenvalue weighted by Gasteiger charge is 2.29. The summed E-state index contributed by atoms with van der Waals surface area (Å²) < 4.78 is 27.9. The third-order valence-electron chi connectivity index (χ3n) is 4.62. The van der Waals surface area contributed by atoms with Crippen molar-refractivity contribution in [3.8, 4) is 0 Å². The summed E-state index contributed by atoms with van der Waals surface area (Å²) in [6, 6.07) is 3.64. The van der Waals surface area contributed by atoms with Crippen LogP contribution in [-0.2, 0) is 4.79 Å². The van der Waals surface area contributed by atoms with Gasteiger partial charge in [0.1, 0.15) is 17.2 Å². The minimum absolute atomic E-state index is 0.0407. The Kier molecular flexibility index (Phi) is 6.61. The van der Waals surface area contributed by atoms with Crippen molar-refractivity contribution >= 4 is 40.0 Å². The first-order chi connectivity index (χ1) is 13.4. The summed E-state index contributed by atoms with van der Waals surface area (Å²) >= 11 is 2.28. The molecule has 28 heavy (non-hydrogen) atoms. The average molecular weight is 427 g/mol. The summed E-state index contributed by atoms with van der Waals surface area (Å²) in [5.74, 6) is -2.58. The maximum absolute atomic E-state index is 13.7.